The van der Waals surface area contributed by atoms with E-state index in [1.165, 1.54) is 4.90 Å². The van der Waals surface area contributed by atoms with E-state index in [1.54, 1.807) is 6.92 Å². The third kappa shape index (κ3) is 1.96. The number of halogens is 2. The Balaban J connectivity index is 1.57. The van der Waals surface area contributed by atoms with Gasteiger partial charge in [-0.05, 0) is 12.0 Å². The van der Waals surface area contributed by atoms with E-state index >= 15 is 0 Å². The number of alkyl halides is 2. The van der Waals surface area contributed by atoms with Gasteiger partial charge >= 0.3 is 6.09 Å². The Morgan fingerprint density at radius 1 is 1.40 bits per heavy atom. The zero-order valence-corrected chi connectivity index (χ0v) is 11.3. The molecule has 3 rings (SSSR count). The van der Waals surface area contributed by atoms with Gasteiger partial charge in [0.25, 0.3) is 5.92 Å². The first kappa shape index (κ1) is 13.3. The van der Waals surface area contributed by atoms with Gasteiger partial charge in [-0.25, -0.2) is 13.6 Å². The number of likely N-dealkylation sites (tertiary alicyclic amines) is 1. The van der Waals surface area contributed by atoms with E-state index in [2.05, 4.69) is 0 Å². The van der Waals surface area contributed by atoms with Gasteiger partial charge in [-0.2, -0.15) is 0 Å². The van der Waals surface area contributed by atoms with Crippen molar-refractivity contribution in [2.75, 3.05) is 13.1 Å². The number of carbonyl (C=O) groups is 1. The number of benzene rings is 1. The summed E-state index contributed by atoms with van der Waals surface area (Å²) in [6.45, 7) is 2.16. The molecule has 1 heterocycles. The highest BCUT2D eigenvalue weighted by atomic mass is 19.3. The van der Waals surface area contributed by atoms with Crippen LogP contribution in [0.1, 0.15) is 18.9 Å². The van der Waals surface area contributed by atoms with Crippen LogP contribution in [0.25, 0.3) is 0 Å². The molecule has 0 spiro atoms. The third-order valence-corrected chi connectivity index (χ3v) is 4.56. The van der Waals surface area contributed by atoms with Crippen LogP contribution < -0.4 is 0 Å². The molecule has 1 aliphatic carbocycles. The fourth-order valence-electron chi connectivity index (χ4n) is 3.12. The molecule has 0 radical (unpaired) electrons. The van der Waals surface area contributed by atoms with E-state index in [9.17, 15) is 13.6 Å². The summed E-state index contributed by atoms with van der Waals surface area (Å²) in [7, 11) is 0. The first-order valence-corrected chi connectivity index (χ1v) is 6.78. The molecule has 0 bridgehead atoms. The molecule has 2 fully saturated rings. The predicted octanol–water partition coefficient (Wildman–Crippen LogP) is 3.30. The van der Waals surface area contributed by atoms with E-state index in [0.29, 0.717) is 13.0 Å². The van der Waals surface area contributed by atoms with Crippen LogP contribution >= 0.6 is 0 Å². The van der Waals surface area contributed by atoms with E-state index in [1.807, 2.05) is 30.3 Å². The fourth-order valence-corrected chi connectivity index (χ4v) is 3.12. The van der Waals surface area contributed by atoms with E-state index < -0.39 is 23.3 Å². The van der Waals surface area contributed by atoms with Crippen LogP contribution in [0.15, 0.2) is 30.3 Å². The number of fused-ring (bicyclic) bond motifs is 1. The standard InChI is InChI=1S/C15H17F2NO2/c1-14-10-18(8-7-12(14)15(14,16)17)13(19)20-9-11-5-3-2-4-6-11/h2-6,12H,7-10H2,1H3/t12-,14+/m0/s1. The van der Waals surface area contributed by atoms with Crippen molar-refractivity contribution in [1.82, 2.24) is 4.90 Å². The number of nitrogens with zero attached hydrogens (tertiary/aromatic N) is 1. The summed E-state index contributed by atoms with van der Waals surface area (Å²) in [5.41, 5.74) is -0.171. The van der Waals surface area contributed by atoms with E-state index in [4.69, 9.17) is 4.74 Å². The Morgan fingerprint density at radius 2 is 2.10 bits per heavy atom. The second-order valence-corrected chi connectivity index (χ2v) is 5.84. The predicted molar refractivity (Wildman–Crippen MR) is 69.4 cm³/mol. The summed E-state index contributed by atoms with van der Waals surface area (Å²) in [5, 5.41) is 0. The van der Waals surface area contributed by atoms with Gasteiger partial charge in [0.05, 0.1) is 5.41 Å². The molecule has 0 N–H and O–H groups in total. The molecule has 1 amide bonds. The van der Waals surface area contributed by atoms with Crippen molar-refractivity contribution in [2.45, 2.75) is 25.9 Å². The number of ether oxygens (including phenoxy) is 1. The Hall–Kier alpha value is -1.65. The van der Waals surface area contributed by atoms with Crippen molar-refractivity contribution in [3.63, 3.8) is 0 Å². The lowest BCUT2D eigenvalue weighted by Gasteiger charge is -2.28. The summed E-state index contributed by atoms with van der Waals surface area (Å²) in [6, 6.07) is 9.32. The molecule has 1 aromatic carbocycles. The number of amides is 1. The largest absolute Gasteiger partial charge is 0.445 e. The maximum Gasteiger partial charge on any atom is 0.410 e. The molecule has 20 heavy (non-hydrogen) atoms. The number of carbonyl (C=O) groups excluding carboxylic acids is 1. The number of hydrogen-bond acceptors (Lipinski definition) is 2. The number of piperidine rings is 1. The molecular formula is C15H17F2NO2. The average molecular weight is 281 g/mol. The van der Waals surface area contributed by atoms with E-state index in [0.717, 1.165) is 5.56 Å². The molecular weight excluding hydrogens is 264 g/mol. The van der Waals surface area contributed by atoms with Gasteiger partial charge in [0.2, 0.25) is 0 Å². The minimum atomic E-state index is -2.64. The summed E-state index contributed by atoms with van der Waals surface area (Å²) in [5.74, 6) is -3.21. The van der Waals surface area contributed by atoms with Crippen molar-refractivity contribution in [3.8, 4) is 0 Å². The summed E-state index contributed by atoms with van der Waals surface area (Å²) >= 11 is 0. The maximum absolute atomic E-state index is 13.6. The highest BCUT2D eigenvalue weighted by Gasteiger charge is 2.78. The third-order valence-electron chi connectivity index (χ3n) is 4.56. The van der Waals surface area contributed by atoms with Crippen LogP contribution in [0, 0.1) is 11.3 Å². The van der Waals surface area contributed by atoms with E-state index in [-0.39, 0.29) is 13.2 Å². The second kappa shape index (κ2) is 4.43. The monoisotopic (exact) mass is 281 g/mol. The van der Waals surface area contributed by atoms with Crippen molar-refractivity contribution in [3.05, 3.63) is 35.9 Å². The quantitative estimate of drug-likeness (QED) is 0.832. The fraction of sp³-hybridized carbons (Fsp3) is 0.533. The van der Waals surface area contributed by atoms with Crippen molar-refractivity contribution in [2.24, 2.45) is 11.3 Å². The van der Waals surface area contributed by atoms with Gasteiger partial charge in [-0.3, -0.25) is 0 Å². The molecule has 108 valence electrons. The molecule has 2 atom stereocenters. The Bertz CT molecular complexity index is 520. The van der Waals surface area contributed by atoms with Gasteiger partial charge in [-0.15, -0.1) is 0 Å². The minimum absolute atomic E-state index is 0.0816. The van der Waals surface area contributed by atoms with Crippen molar-refractivity contribution < 1.29 is 18.3 Å². The zero-order valence-electron chi connectivity index (χ0n) is 11.3. The molecule has 3 nitrogen and oxygen atoms in total. The lowest BCUT2D eigenvalue weighted by molar-refractivity contribution is 0.0494. The number of hydrogen-bond donors (Lipinski definition) is 0. The number of rotatable bonds is 2. The minimum Gasteiger partial charge on any atom is -0.445 e. The molecule has 1 aliphatic heterocycles. The Kier molecular flexibility index (Phi) is 2.96. The molecule has 2 aliphatic rings. The van der Waals surface area contributed by atoms with Gasteiger partial charge < -0.3 is 9.64 Å². The maximum atomic E-state index is 13.6. The van der Waals surface area contributed by atoms with Crippen molar-refractivity contribution in [1.29, 1.82) is 0 Å². The Morgan fingerprint density at radius 3 is 2.75 bits per heavy atom. The molecule has 1 aromatic rings. The van der Waals surface area contributed by atoms with Crippen LogP contribution in [0.2, 0.25) is 0 Å². The first-order chi connectivity index (χ1) is 9.45. The normalized spacial score (nSPS) is 30.6. The van der Waals surface area contributed by atoms with Gasteiger partial charge in [-0.1, -0.05) is 37.3 Å². The zero-order chi connectivity index (χ0) is 14.4. The lowest BCUT2D eigenvalue weighted by atomic mass is 10.00. The highest BCUT2D eigenvalue weighted by Crippen LogP contribution is 2.68. The van der Waals surface area contributed by atoms with Gasteiger partial charge in [0, 0.05) is 19.0 Å². The van der Waals surface area contributed by atoms with Gasteiger partial charge in [0.1, 0.15) is 6.61 Å². The molecule has 0 aromatic heterocycles. The van der Waals surface area contributed by atoms with Crippen LogP contribution in [0.4, 0.5) is 13.6 Å². The second-order valence-electron chi connectivity index (χ2n) is 5.84. The lowest BCUT2D eigenvalue weighted by Crippen LogP contribution is -2.40. The first-order valence-electron chi connectivity index (χ1n) is 6.78. The molecule has 1 saturated carbocycles. The molecule has 5 heteroatoms. The summed E-state index contributed by atoms with van der Waals surface area (Å²) < 4.78 is 32.4. The topological polar surface area (TPSA) is 29.5 Å². The van der Waals surface area contributed by atoms with Crippen LogP contribution in [0.3, 0.4) is 0 Å². The molecule has 0 unspecified atom stereocenters. The van der Waals surface area contributed by atoms with Crippen LogP contribution in [-0.2, 0) is 11.3 Å². The van der Waals surface area contributed by atoms with Crippen LogP contribution in [0.5, 0.6) is 0 Å². The van der Waals surface area contributed by atoms with Crippen LogP contribution in [-0.4, -0.2) is 30.0 Å². The SMILES string of the molecule is C[C@@]12CN(C(=O)OCc3ccccc3)CC[C@@H]1C2(F)F. The summed E-state index contributed by atoms with van der Waals surface area (Å²) in [6.07, 6.45) is -0.152. The highest BCUT2D eigenvalue weighted by molar-refractivity contribution is 5.68. The van der Waals surface area contributed by atoms with Gasteiger partial charge in [0.15, 0.2) is 0 Å². The smallest absolute Gasteiger partial charge is 0.410 e. The Labute approximate surface area is 116 Å². The van der Waals surface area contributed by atoms with Crippen molar-refractivity contribution >= 4 is 6.09 Å². The molecule has 1 saturated heterocycles. The average Bonchev–Trinajstić information content (AvgIpc) is 2.90. The summed E-state index contributed by atoms with van der Waals surface area (Å²) in [4.78, 5) is 13.4.